The Morgan fingerprint density at radius 1 is 1.03 bits per heavy atom. The largest absolute Gasteiger partial charge is 0.508 e. The highest BCUT2D eigenvalue weighted by molar-refractivity contribution is 6.04. The number of phenols is 1. The number of unbranched alkanes of at least 4 members (excludes halogenated alkanes) is 2. The van der Waals surface area contributed by atoms with Crippen LogP contribution in [0.5, 0.6) is 5.75 Å². The zero-order chi connectivity index (χ0) is 29.4. The van der Waals surface area contributed by atoms with E-state index < -0.39 is 11.6 Å². The maximum Gasteiger partial charge on any atom is 0.230 e. The molecule has 216 valence electrons. The maximum absolute atomic E-state index is 12.2. The first-order chi connectivity index (χ1) is 18.5. The lowest BCUT2D eigenvalue weighted by atomic mass is 9.75. The van der Waals surface area contributed by atoms with Crippen LogP contribution in [-0.4, -0.2) is 39.0 Å². The van der Waals surface area contributed by atoms with E-state index in [2.05, 4.69) is 32.9 Å². The second-order valence-corrected chi connectivity index (χ2v) is 10.8. The summed E-state index contributed by atoms with van der Waals surface area (Å²) in [5.74, 6) is 0.437. The summed E-state index contributed by atoms with van der Waals surface area (Å²) in [5, 5.41) is 28.1. The van der Waals surface area contributed by atoms with Crippen molar-refractivity contribution >= 4 is 11.6 Å². The van der Waals surface area contributed by atoms with E-state index in [1.165, 1.54) is 24.8 Å². The molecular formula is C34H51NO4. The number of aliphatic hydroxyl groups excluding tert-OH is 2. The Labute approximate surface area is 236 Å². The number of aryl methyl sites for hydroxylation is 1. The fraction of sp³-hybridized carbons (Fsp3) is 0.500. The number of β-lactam (4-membered cyclic amide) rings is 1. The van der Waals surface area contributed by atoms with E-state index in [0.29, 0.717) is 12.2 Å². The van der Waals surface area contributed by atoms with E-state index in [1.807, 2.05) is 63.2 Å². The predicted octanol–water partition coefficient (Wildman–Crippen LogP) is 7.88. The second-order valence-electron chi connectivity index (χ2n) is 10.8. The van der Waals surface area contributed by atoms with Crippen LogP contribution in [0.1, 0.15) is 92.1 Å². The highest BCUT2D eigenvalue weighted by atomic mass is 16.3. The minimum atomic E-state index is -0.574. The molecule has 2 aromatic carbocycles. The van der Waals surface area contributed by atoms with Crippen LogP contribution < -0.4 is 4.90 Å². The Morgan fingerprint density at radius 3 is 2.15 bits per heavy atom. The molecule has 0 bridgehead atoms. The summed E-state index contributed by atoms with van der Waals surface area (Å²) in [6.45, 7) is 14.1. The highest BCUT2D eigenvalue weighted by Gasteiger charge is 2.51. The molecule has 5 nitrogen and oxygen atoms in total. The van der Waals surface area contributed by atoms with Gasteiger partial charge in [0.25, 0.3) is 0 Å². The third kappa shape index (κ3) is 11.8. The van der Waals surface area contributed by atoms with Crippen molar-refractivity contribution in [1.29, 1.82) is 0 Å². The first-order valence-electron chi connectivity index (χ1n) is 14.3. The summed E-state index contributed by atoms with van der Waals surface area (Å²) in [7, 11) is 0. The maximum atomic E-state index is 12.2. The molecule has 0 aromatic heterocycles. The molecule has 0 radical (unpaired) electrons. The molecule has 1 heterocycles. The van der Waals surface area contributed by atoms with Gasteiger partial charge in [-0.2, -0.15) is 0 Å². The lowest BCUT2D eigenvalue weighted by molar-refractivity contribution is -0.126. The Hall–Kier alpha value is -2.89. The number of benzene rings is 2. The number of carbonyl (C=O) groups excluding carboxylic acids is 1. The average Bonchev–Trinajstić information content (AvgIpc) is 2.87. The first kappa shape index (κ1) is 34.1. The molecule has 3 rings (SSSR count). The molecule has 0 saturated carbocycles. The van der Waals surface area contributed by atoms with E-state index in [4.69, 9.17) is 10.2 Å². The number of amides is 1. The minimum absolute atomic E-state index is 0.0449. The SMILES string of the molecule is CC(C)=CC/C=C(\C(C)O)C1(C)CC(=O)N1c1ccccc1.CCCCCC(O)CC.Cc1cccc(O)c1. The van der Waals surface area contributed by atoms with Crippen molar-refractivity contribution in [3.8, 4) is 5.75 Å². The van der Waals surface area contributed by atoms with E-state index in [9.17, 15) is 9.90 Å². The lowest BCUT2D eigenvalue weighted by Gasteiger charge is -2.52. The topological polar surface area (TPSA) is 81.0 Å². The minimum Gasteiger partial charge on any atom is -0.508 e. The molecule has 2 aromatic rings. The molecule has 3 atom stereocenters. The number of carbonyl (C=O) groups is 1. The van der Waals surface area contributed by atoms with Gasteiger partial charge in [-0.15, -0.1) is 0 Å². The van der Waals surface area contributed by atoms with Gasteiger partial charge in [-0.1, -0.05) is 81.2 Å². The number of para-hydroxylation sites is 1. The predicted molar refractivity (Wildman–Crippen MR) is 164 cm³/mol. The molecule has 39 heavy (non-hydrogen) atoms. The van der Waals surface area contributed by atoms with Crippen LogP contribution in [0.3, 0.4) is 0 Å². The first-order valence-corrected chi connectivity index (χ1v) is 14.3. The summed E-state index contributed by atoms with van der Waals surface area (Å²) in [5.41, 5.74) is 3.69. The zero-order valence-corrected chi connectivity index (χ0v) is 25.2. The Morgan fingerprint density at radius 2 is 1.69 bits per heavy atom. The summed E-state index contributed by atoms with van der Waals surface area (Å²) in [6, 6.07) is 16.8. The summed E-state index contributed by atoms with van der Waals surface area (Å²) >= 11 is 0. The molecule has 1 aliphatic heterocycles. The number of phenolic OH excluding ortho intramolecular Hbond substituents is 1. The number of aromatic hydroxyl groups is 1. The van der Waals surface area contributed by atoms with Gasteiger partial charge in [0.2, 0.25) is 5.91 Å². The van der Waals surface area contributed by atoms with E-state index in [-0.39, 0.29) is 12.0 Å². The molecule has 0 spiro atoms. The number of allylic oxidation sites excluding steroid dienone is 3. The van der Waals surface area contributed by atoms with Crippen LogP contribution in [0.15, 0.2) is 77.9 Å². The Kier molecular flexibility index (Phi) is 15.4. The van der Waals surface area contributed by atoms with Gasteiger partial charge in [-0.05, 0) is 89.3 Å². The standard InChI is InChI=1S/C19H25NO2.C8H18O.C7H8O/c1-14(2)9-8-12-17(15(3)21)19(4)13-18(22)20(19)16-10-6-5-7-11-16;1-3-5-6-7-8(9)4-2;1-6-3-2-4-7(8)5-6/h5-7,9-12,15,21H,8,13H2,1-4H3;8-9H,3-7H2,1-2H3;2-5,8H,1H3/b17-12+;;. The van der Waals surface area contributed by atoms with Gasteiger partial charge in [0.05, 0.1) is 24.2 Å². The molecule has 1 amide bonds. The summed E-state index contributed by atoms with van der Waals surface area (Å²) in [6.07, 6.45) is 10.4. The number of anilines is 1. The van der Waals surface area contributed by atoms with Gasteiger partial charge in [0, 0.05) is 5.69 Å². The molecule has 5 heteroatoms. The zero-order valence-electron chi connectivity index (χ0n) is 25.2. The van der Waals surface area contributed by atoms with Crippen molar-refractivity contribution in [3.05, 3.63) is 83.5 Å². The van der Waals surface area contributed by atoms with Gasteiger partial charge in [-0.3, -0.25) is 4.79 Å². The number of aliphatic hydroxyl groups is 2. The van der Waals surface area contributed by atoms with Crippen LogP contribution >= 0.6 is 0 Å². The van der Waals surface area contributed by atoms with Gasteiger partial charge >= 0.3 is 0 Å². The lowest BCUT2D eigenvalue weighted by Crippen LogP contribution is -2.64. The number of hydrogen-bond acceptors (Lipinski definition) is 4. The van der Waals surface area contributed by atoms with Crippen molar-refractivity contribution in [2.75, 3.05) is 4.90 Å². The monoisotopic (exact) mass is 537 g/mol. The molecule has 1 saturated heterocycles. The third-order valence-corrected chi connectivity index (χ3v) is 6.80. The smallest absolute Gasteiger partial charge is 0.230 e. The second kappa shape index (κ2) is 17.6. The van der Waals surface area contributed by atoms with E-state index in [0.717, 1.165) is 36.1 Å². The molecule has 3 unspecified atom stereocenters. The fourth-order valence-corrected chi connectivity index (χ4v) is 4.60. The van der Waals surface area contributed by atoms with Crippen molar-refractivity contribution in [2.24, 2.45) is 0 Å². The normalized spacial score (nSPS) is 18.0. The van der Waals surface area contributed by atoms with Crippen molar-refractivity contribution in [3.63, 3.8) is 0 Å². The van der Waals surface area contributed by atoms with Gasteiger partial charge in [0.1, 0.15) is 5.75 Å². The van der Waals surface area contributed by atoms with Crippen LogP contribution in [0.2, 0.25) is 0 Å². The summed E-state index contributed by atoms with van der Waals surface area (Å²) < 4.78 is 0. The highest BCUT2D eigenvalue weighted by Crippen LogP contribution is 2.43. The van der Waals surface area contributed by atoms with Crippen molar-refractivity contribution < 1.29 is 20.1 Å². The molecule has 1 fully saturated rings. The molecular weight excluding hydrogens is 486 g/mol. The molecule has 3 N–H and O–H groups in total. The quantitative estimate of drug-likeness (QED) is 0.164. The van der Waals surface area contributed by atoms with Crippen LogP contribution in [0.25, 0.3) is 0 Å². The van der Waals surface area contributed by atoms with Gasteiger partial charge in [-0.25, -0.2) is 0 Å². The Bertz CT molecular complexity index is 1020. The van der Waals surface area contributed by atoms with E-state index in [1.54, 1.807) is 24.0 Å². The number of nitrogens with zero attached hydrogens (tertiary/aromatic N) is 1. The van der Waals surface area contributed by atoms with Crippen molar-refractivity contribution in [2.45, 2.75) is 111 Å². The van der Waals surface area contributed by atoms with Crippen LogP contribution in [-0.2, 0) is 4.79 Å². The number of hydrogen-bond donors (Lipinski definition) is 3. The van der Waals surface area contributed by atoms with E-state index >= 15 is 0 Å². The van der Waals surface area contributed by atoms with Gasteiger partial charge < -0.3 is 20.2 Å². The van der Waals surface area contributed by atoms with Crippen molar-refractivity contribution in [1.82, 2.24) is 0 Å². The summed E-state index contributed by atoms with van der Waals surface area (Å²) in [4.78, 5) is 14.0. The molecule has 0 aliphatic carbocycles. The van der Waals surface area contributed by atoms with Gasteiger partial charge in [0.15, 0.2) is 0 Å². The molecule has 1 aliphatic rings. The third-order valence-electron chi connectivity index (χ3n) is 6.80. The van der Waals surface area contributed by atoms with Crippen LogP contribution in [0, 0.1) is 6.92 Å². The van der Waals surface area contributed by atoms with Crippen LogP contribution in [0.4, 0.5) is 5.69 Å². The average molecular weight is 538 g/mol. The Balaban J connectivity index is 0.000000366. The fourth-order valence-electron chi connectivity index (χ4n) is 4.60. The number of rotatable bonds is 10.